The smallest absolute Gasteiger partial charge is 0.315 e. The van der Waals surface area contributed by atoms with Gasteiger partial charge in [-0.2, -0.15) is 0 Å². The van der Waals surface area contributed by atoms with Gasteiger partial charge in [-0.15, -0.1) is 0 Å². The number of aryl methyl sites for hydroxylation is 1. The van der Waals surface area contributed by atoms with Gasteiger partial charge in [0.25, 0.3) is 0 Å². The third kappa shape index (κ3) is 7.34. The molecule has 0 heterocycles. The van der Waals surface area contributed by atoms with Crippen molar-refractivity contribution in [1.82, 2.24) is 10.6 Å². The van der Waals surface area contributed by atoms with Crippen LogP contribution < -0.4 is 15.4 Å². The number of benzene rings is 1. The third-order valence-corrected chi connectivity index (χ3v) is 4.57. The molecule has 140 valence electrons. The van der Waals surface area contributed by atoms with Crippen molar-refractivity contribution in [3.8, 4) is 5.75 Å². The highest BCUT2D eigenvalue weighted by atomic mass is 16.5. The molecule has 1 atom stereocenters. The summed E-state index contributed by atoms with van der Waals surface area (Å²) in [6, 6.07) is 8.35. The normalized spacial score (nSPS) is 21.6. The van der Waals surface area contributed by atoms with Gasteiger partial charge in [-0.1, -0.05) is 12.1 Å². The molecule has 1 aromatic rings. The molecule has 1 aromatic carbocycles. The molecule has 0 unspecified atom stereocenters. The van der Waals surface area contributed by atoms with Gasteiger partial charge in [0.15, 0.2) is 0 Å². The zero-order valence-electron chi connectivity index (χ0n) is 15.6. The fraction of sp³-hybridized carbons (Fsp3) is 0.650. The molecule has 0 bridgehead atoms. The molecule has 0 saturated heterocycles. The Labute approximate surface area is 151 Å². The fourth-order valence-corrected chi connectivity index (χ4v) is 3.13. The van der Waals surface area contributed by atoms with E-state index in [1.807, 2.05) is 32.9 Å². The van der Waals surface area contributed by atoms with Crippen LogP contribution in [0.4, 0.5) is 4.79 Å². The number of aliphatic hydroxyl groups is 1. The van der Waals surface area contributed by atoms with E-state index in [1.54, 1.807) is 0 Å². The summed E-state index contributed by atoms with van der Waals surface area (Å²) in [5, 5.41) is 15.5. The van der Waals surface area contributed by atoms with Gasteiger partial charge in [0, 0.05) is 12.1 Å². The van der Waals surface area contributed by atoms with Gasteiger partial charge >= 0.3 is 6.03 Å². The molecule has 3 N–H and O–H groups in total. The molecule has 0 aliphatic heterocycles. The second-order valence-electron chi connectivity index (χ2n) is 7.37. The molecule has 0 spiro atoms. The third-order valence-electron chi connectivity index (χ3n) is 4.57. The van der Waals surface area contributed by atoms with E-state index in [1.165, 1.54) is 5.56 Å². The highest BCUT2D eigenvalue weighted by molar-refractivity contribution is 5.74. The SMILES string of the molecule is CC(C)Oc1ccc(CC[C@H](C)NC(=O)NC2CCC(O)CC2)cc1. The number of amides is 2. The molecule has 1 saturated carbocycles. The van der Waals surface area contributed by atoms with Crippen molar-refractivity contribution >= 4 is 6.03 Å². The first kappa shape index (κ1) is 19.6. The quantitative estimate of drug-likeness (QED) is 0.707. The second kappa shape index (κ2) is 9.66. The maximum Gasteiger partial charge on any atom is 0.315 e. The van der Waals surface area contributed by atoms with Gasteiger partial charge in [-0.25, -0.2) is 4.79 Å². The van der Waals surface area contributed by atoms with E-state index in [2.05, 4.69) is 22.8 Å². The Bertz CT molecular complexity index is 522. The van der Waals surface area contributed by atoms with E-state index in [4.69, 9.17) is 4.74 Å². The zero-order chi connectivity index (χ0) is 18.2. The molecular weight excluding hydrogens is 316 g/mol. The lowest BCUT2D eigenvalue weighted by Crippen LogP contribution is -2.46. The molecular formula is C20H32N2O3. The van der Waals surface area contributed by atoms with E-state index in [0.717, 1.165) is 44.3 Å². The topological polar surface area (TPSA) is 70.6 Å². The van der Waals surface area contributed by atoms with Crippen molar-refractivity contribution in [3.05, 3.63) is 29.8 Å². The fourth-order valence-electron chi connectivity index (χ4n) is 3.13. The highest BCUT2D eigenvalue weighted by Gasteiger charge is 2.21. The van der Waals surface area contributed by atoms with Crippen LogP contribution in [0, 0.1) is 0 Å². The van der Waals surface area contributed by atoms with Crippen molar-refractivity contribution in [1.29, 1.82) is 0 Å². The molecule has 5 heteroatoms. The molecule has 25 heavy (non-hydrogen) atoms. The summed E-state index contributed by atoms with van der Waals surface area (Å²) < 4.78 is 5.65. The minimum atomic E-state index is -0.197. The zero-order valence-corrected chi connectivity index (χ0v) is 15.6. The van der Waals surface area contributed by atoms with Crippen molar-refractivity contribution in [2.24, 2.45) is 0 Å². The van der Waals surface area contributed by atoms with E-state index in [0.29, 0.717) is 0 Å². The number of rotatable bonds is 7. The average molecular weight is 348 g/mol. The monoisotopic (exact) mass is 348 g/mol. The number of urea groups is 1. The van der Waals surface area contributed by atoms with Crippen LogP contribution in [-0.2, 0) is 6.42 Å². The summed E-state index contributed by atoms with van der Waals surface area (Å²) in [4.78, 5) is 12.1. The van der Waals surface area contributed by atoms with E-state index in [-0.39, 0.29) is 30.3 Å². The maximum atomic E-state index is 12.1. The summed E-state index contributed by atoms with van der Waals surface area (Å²) in [6.07, 6.45) is 5.05. The van der Waals surface area contributed by atoms with Crippen LogP contribution in [0.3, 0.4) is 0 Å². The molecule has 2 amide bonds. The minimum Gasteiger partial charge on any atom is -0.491 e. The van der Waals surface area contributed by atoms with Gasteiger partial charge in [0.1, 0.15) is 5.75 Å². The van der Waals surface area contributed by atoms with Crippen LogP contribution >= 0.6 is 0 Å². The Hall–Kier alpha value is -1.75. The number of hydrogen-bond acceptors (Lipinski definition) is 3. The van der Waals surface area contributed by atoms with Crippen LogP contribution in [0.15, 0.2) is 24.3 Å². The first-order chi connectivity index (χ1) is 11.9. The van der Waals surface area contributed by atoms with Crippen LogP contribution in [-0.4, -0.2) is 35.4 Å². The average Bonchev–Trinajstić information content (AvgIpc) is 2.56. The molecule has 2 rings (SSSR count). The molecule has 5 nitrogen and oxygen atoms in total. The Morgan fingerprint density at radius 2 is 1.80 bits per heavy atom. The van der Waals surface area contributed by atoms with E-state index in [9.17, 15) is 9.90 Å². The summed E-state index contributed by atoms with van der Waals surface area (Å²) in [5.41, 5.74) is 1.24. The Balaban J connectivity index is 1.67. The lowest BCUT2D eigenvalue weighted by atomic mass is 9.93. The number of ether oxygens (including phenoxy) is 1. The molecule has 1 aliphatic rings. The number of hydrogen-bond donors (Lipinski definition) is 3. The van der Waals surface area contributed by atoms with Gasteiger partial charge in [0.05, 0.1) is 12.2 Å². The summed E-state index contributed by atoms with van der Waals surface area (Å²) >= 11 is 0. The summed E-state index contributed by atoms with van der Waals surface area (Å²) in [5.74, 6) is 0.891. The number of carbonyl (C=O) groups is 1. The van der Waals surface area contributed by atoms with Crippen molar-refractivity contribution < 1.29 is 14.6 Å². The van der Waals surface area contributed by atoms with Crippen LogP contribution in [0.5, 0.6) is 5.75 Å². The lowest BCUT2D eigenvalue weighted by Gasteiger charge is -2.27. The molecule has 0 radical (unpaired) electrons. The molecule has 0 aromatic heterocycles. The first-order valence-corrected chi connectivity index (χ1v) is 9.43. The Morgan fingerprint density at radius 1 is 1.16 bits per heavy atom. The van der Waals surface area contributed by atoms with Crippen LogP contribution in [0.2, 0.25) is 0 Å². The van der Waals surface area contributed by atoms with Gasteiger partial charge in [-0.3, -0.25) is 0 Å². The largest absolute Gasteiger partial charge is 0.491 e. The van der Waals surface area contributed by atoms with E-state index >= 15 is 0 Å². The number of nitrogens with one attached hydrogen (secondary N) is 2. The van der Waals surface area contributed by atoms with Crippen molar-refractivity contribution in [2.75, 3.05) is 0 Å². The Morgan fingerprint density at radius 3 is 2.40 bits per heavy atom. The van der Waals surface area contributed by atoms with E-state index < -0.39 is 0 Å². The lowest BCUT2D eigenvalue weighted by molar-refractivity contribution is 0.117. The Kier molecular flexibility index (Phi) is 7.56. The van der Waals surface area contributed by atoms with Crippen LogP contribution in [0.1, 0.15) is 58.4 Å². The van der Waals surface area contributed by atoms with Gasteiger partial charge in [0.2, 0.25) is 0 Å². The second-order valence-corrected chi connectivity index (χ2v) is 7.37. The highest BCUT2D eigenvalue weighted by Crippen LogP contribution is 2.18. The predicted molar refractivity (Wildman–Crippen MR) is 99.9 cm³/mol. The number of carbonyl (C=O) groups excluding carboxylic acids is 1. The standard InChI is InChI=1S/C20H32N2O3/c1-14(2)25-19-12-6-16(7-13-19)5-4-15(3)21-20(24)22-17-8-10-18(23)11-9-17/h6-7,12-15,17-18,23H,4-5,8-11H2,1-3H3,(H2,21,22,24)/t15-,17?,18?/m0/s1. The van der Waals surface area contributed by atoms with Crippen LogP contribution in [0.25, 0.3) is 0 Å². The van der Waals surface area contributed by atoms with Crippen molar-refractivity contribution in [2.45, 2.75) is 83.6 Å². The minimum absolute atomic E-state index is 0.102. The van der Waals surface area contributed by atoms with Gasteiger partial charge in [-0.05, 0) is 77.0 Å². The maximum absolute atomic E-state index is 12.1. The van der Waals surface area contributed by atoms with Crippen molar-refractivity contribution in [3.63, 3.8) is 0 Å². The number of aliphatic hydroxyl groups excluding tert-OH is 1. The first-order valence-electron chi connectivity index (χ1n) is 9.43. The van der Waals surface area contributed by atoms with Gasteiger partial charge < -0.3 is 20.5 Å². The molecule has 1 aliphatic carbocycles. The summed E-state index contributed by atoms with van der Waals surface area (Å²) in [7, 11) is 0. The predicted octanol–water partition coefficient (Wildman–Crippen LogP) is 3.40. The summed E-state index contributed by atoms with van der Waals surface area (Å²) in [6.45, 7) is 6.06. The molecule has 1 fully saturated rings.